The third kappa shape index (κ3) is 13.0. The van der Waals surface area contributed by atoms with E-state index in [0.29, 0.717) is 31.6 Å². The van der Waals surface area contributed by atoms with Crippen LogP contribution in [-0.4, -0.2) is 93.7 Å². The lowest BCUT2D eigenvalue weighted by atomic mass is 10.1. The minimum atomic E-state index is -1.84. The van der Waals surface area contributed by atoms with Crippen molar-refractivity contribution < 1.29 is 44.1 Å². The fourth-order valence-electron chi connectivity index (χ4n) is 2.73. The SMILES string of the molecule is CSCCC(NC(=O)C(N)CCCCN)C(=O)NC(CC(=O)O)C(=O)NC(CC(=O)O)C(=O)O. The summed E-state index contributed by atoms with van der Waals surface area (Å²) in [4.78, 5) is 70.8. The number of thioether (sulfide) groups is 1. The number of carboxylic acids is 3. The maximum atomic E-state index is 12.8. The summed E-state index contributed by atoms with van der Waals surface area (Å²) in [6.45, 7) is 0.440. The van der Waals surface area contributed by atoms with Gasteiger partial charge in [0.2, 0.25) is 17.7 Å². The Morgan fingerprint density at radius 1 is 0.765 bits per heavy atom. The number of unbranched alkanes of at least 4 members (excludes halogenated alkanes) is 1. The Hall–Kier alpha value is -2.91. The molecule has 0 saturated carbocycles. The van der Waals surface area contributed by atoms with Crippen molar-refractivity contribution in [1.29, 1.82) is 0 Å². The quantitative estimate of drug-likeness (QED) is 0.0910. The summed E-state index contributed by atoms with van der Waals surface area (Å²) in [7, 11) is 0. The van der Waals surface area contributed by atoms with E-state index in [9.17, 15) is 28.8 Å². The van der Waals surface area contributed by atoms with Gasteiger partial charge >= 0.3 is 17.9 Å². The molecule has 194 valence electrons. The van der Waals surface area contributed by atoms with Gasteiger partial charge in [0.25, 0.3) is 0 Å². The summed E-state index contributed by atoms with van der Waals surface area (Å²) in [6.07, 6.45) is 1.67. The zero-order valence-electron chi connectivity index (χ0n) is 18.8. The lowest BCUT2D eigenvalue weighted by Gasteiger charge is -2.24. The predicted octanol–water partition coefficient (Wildman–Crippen LogP) is -2.32. The molecule has 0 spiro atoms. The van der Waals surface area contributed by atoms with Crippen LogP contribution in [0.15, 0.2) is 0 Å². The summed E-state index contributed by atoms with van der Waals surface area (Å²) in [6, 6.07) is -5.59. The van der Waals surface area contributed by atoms with Crippen LogP contribution in [0.4, 0.5) is 0 Å². The van der Waals surface area contributed by atoms with Crippen molar-refractivity contribution in [2.75, 3.05) is 18.6 Å². The molecular formula is C19H33N5O9S. The molecule has 0 bridgehead atoms. The minimum Gasteiger partial charge on any atom is -0.481 e. The van der Waals surface area contributed by atoms with Crippen LogP contribution >= 0.6 is 11.8 Å². The van der Waals surface area contributed by atoms with Crippen LogP contribution in [0, 0.1) is 0 Å². The van der Waals surface area contributed by atoms with E-state index in [1.54, 1.807) is 6.26 Å². The molecule has 4 unspecified atom stereocenters. The summed E-state index contributed by atoms with van der Waals surface area (Å²) in [5, 5.41) is 33.6. The molecule has 0 radical (unpaired) electrons. The fourth-order valence-corrected chi connectivity index (χ4v) is 3.20. The number of hydrogen-bond acceptors (Lipinski definition) is 9. The number of carbonyl (C=O) groups is 6. The lowest BCUT2D eigenvalue weighted by Crippen LogP contribution is -2.57. The number of amides is 3. The first kappa shape index (κ1) is 31.1. The van der Waals surface area contributed by atoms with E-state index in [1.807, 2.05) is 5.32 Å². The van der Waals surface area contributed by atoms with Gasteiger partial charge in [-0.3, -0.25) is 24.0 Å². The Balaban J connectivity index is 5.42. The lowest BCUT2D eigenvalue weighted by molar-refractivity contribution is -0.148. The standard InChI is InChI=1S/C19H33N5O9S/c1-34-7-5-11(22-16(29)10(21)4-2-3-6-20)17(30)23-12(8-14(25)26)18(31)24-13(19(32)33)9-15(27)28/h10-13H,2-9,20-21H2,1H3,(H,22,29)(H,23,30)(H,24,31)(H,25,26)(H,27,28)(H,32,33). The van der Waals surface area contributed by atoms with Gasteiger partial charge in [0.1, 0.15) is 18.1 Å². The highest BCUT2D eigenvalue weighted by atomic mass is 32.2. The van der Waals surface area contributed by atoms with Gasteiger partial charge in [0.05, 0.1) is 18.9 Å². The van der Waals surface area contributed by atoms with Gasteiger partial charge in [-0.25, -0.2) is 4.79 Å². The minimum absolute atomic E-state index is 0.145. The molecule has 3 amide bonds. The Labute approximate surface area is 200 Å². The first-order valence-electron chi connectivity index (χ1n) is 10.4. The molecule has 10 N–H and O–H groups in total. The van der Waals surface area contributed by atoms with Gasteiger partial charge in [0.15, 0.2) is 0 Å². The average molecular weight is 508 g/mol. The Kier molecular flexibility index (Phi) is 15.2. The van der Waals surface area contributed by atoms with E-state index >= 15 is 0 Å². The number of nitrogens with one attached hydrogen (secondary N) is 3. The molecule has 0 aliphatic heterocycles. The van der Waals surface area contributed by atoms with Crippen LogP contribution in [-0.2, 0) is 28.8 Å². The highest BCUT2D eigenvalue weighted by Crippen LogP contribution is 2.06. The molecule has 0 aliphatic rings. The molecule has 0 saturated heterocycles. The molecule has 0 aromatic rings. The van der Waals surface area contributed by atoms with Gasteiger partial charge in [-0.05, 0) is 37.8 Å². The maximum Gasteiger partial charge on any atom is 0.326 e. The van der Waals surface area contributed by atoms with Crippen molar-refractivity contribution in [3.05, 3.63) is 0 Å². The second kappa shape index (κ2) is 16.7. The molecule has 4 atom stereocenters. The average Bonchev–Trinajstić information content (AvgIpc) is 2.74. The molecule has 0 aromatic heterocycles. The highest BCUT2D eigenvalue weighted by molar-refractivity contribution is 7.98. The molecule has 14 nitrogen and oxygen atoms in total. The van der Waals surface area contributed by atoms with Crippen LogP contribution in [0.1, 0.15) is 38.5 Å². The van der Waals surface area contributed by atoms with Gasteiger partial charge in [-0.1, -0.05) is 6.42 Å². The number of aliphatic carboxylic acids is 3. The van der Waals surface area contributed by atoms with Crippen molar-refractivity contribution in [2.45, 2.75) is 62.7 Å². The van der Waals surface area contributed by atoms with Crippen LogP contribution in [0.3, 0.4) is 0 Å². The number of carboxylic acid groups (broad SMARTS) is 3. The van der Waals surface area contributed by atoms with Gasteiger partial charge in [-0.15, -0.1) is 0 Å². The smallest absolute Gasteiger partial charge is 0.326 e. The van der Waals surface area contributed by atoms with Crippen LogP contribution in [0.5, 0.6) is 0 Å². The Bertz CT molecular complexity index is 737. The first-order chi connectivity index (χ1) is 15.9. The Morgan fingerprint density at radius 3 is 1.76 bits per heavy atom. The largest absolute Gasteiger partial charge is 0.481 e. The zero-order valence-corrected chi connectivity index (χ0v) is 19.6. The van der Waals surface area contributed by atoms with Gasteiger partial charge < -0.3 is 42.7 Å². The Morgan fingerprint density at radius 2 is 1.26 bits per heavy atom. The summed E-state index contributed by atoms with van der Waals surface area (Å²) in [5.74, 6) is -6.86. The van der Waals surface area contributed by atoms with E-state index in [1.165, 1.54) is 11.8 Å². The second-order valence-electron chi connectivity index (χ2n) is 7.39. The monoisotopic (exact) mass is 507 g/mol. The topological polar surface area (TPSA) is 251 Å². The second-order valence-corrected chi connectivity index (χ2v) is 8.38. The van der Waals surface area contributed by atoms with Gasteiger partial charge in [-0.2, -0.15) is 11.8 Å². The van der Waals surface area contributed by atoms with Crippen molar-refractivity contribution in [1.82, 2.24) is 16.0 Å². The zero-order chi connectivity index (χ0) is 26.3. The fraction of sp³-hybridized carbons (Fsp3) is 0.684. The van der Waals surface area contributed by atoms with Crippen LogP contribution in [0.25, 0.3) is 0 Å². The third-order valence-corrected chi connectivity index (χ3v) is 5.20. The van der Waals surface area contributed by atoms with Crippen molar-refractivity contribution in [3.8, 4) is 0 Å². The van der Waals surface area contributed by atoms with Crippen LogP contribution in [0.2, 0.25) is 0 Å². The van der Waals surface area contributed by atoms with E-state index < -0.39 is 72.6 Å². The molecule has 15 heteroatoms. The van der Waals surface area contributed by atoms with E-state index in [4.69, 9.17) is 26.8 Å². The molecule has 0 aromatic carbocycles. The van der Waals surface area contributed by atoms with E-state index in [-0.39, 0.29) is 6.42 Å². The van der Waals surface area contributed by atoms with Gasteiger partial charge in [0, 0.05) is 0 Å². The van der Waals surface area contributed by atoms with E-state index in [2.05, 4.69) is 10.6 Å². The van der Waals surface area contributed by atoms with Crippen molar-refractivity contribution in [2.24, 2.45) is 11.5 Å². The highest BCUT2D eigenvalue weighted by Gasteiger charge is 2.32. The number of hydrogen-bond donors (Lipinski definition) is 8. The predicted molar refractivity (Wildman–Crippen MR) is 122 cm³/mol. The number of rotatable bonds is 18. The molecule has 34 heavy (non-hydrogen) atoms. The normalized spacial score (nSPS) is 14.2. The summed E-state index contributed by atoms with van der Waals surface area (Å²) < 4.78 is 0. The van der Waals surface area contributed by atoms with Crippen molar-refractivity contribution >= 4 is 47.4 Å². The summed E-state index contributed by atoms with van der Waals surface area (Å²) >= 11 is 1.38. The van der Waals surface area contributed by atoms with E-state index in [0.717, 1.165) is 0 Å². The van der Waals surface area contributed by atoms with Crippen molar-refractivity contribution in [3.63, 3.8) is 0 Å². The molecule has 0 fully saturated rings. The maximum absolute atomic E-state index is 12.8. The third-order valence-electron chi connectivity index (χ3n) is 4.55. The molecule has 0 heterocycles. The van der Waals surface area contributed by atoms with Crippen LogP contribution < -0.4 is 27.4 Å². The molecule has 0 rings (SSSR count). The number of nitrogens with two attached hydrogens (primary N) is 2. The first-order valence-corrected chi connectivity index (χ1v) is 11.8. The summed E-state index contributed by atoms with van der Waals surface area (Å²) in [5.41, 5.74) is 11.2. The number of carbonyl (C=O) groups excluding carboxylic acids is 3. The molecule has 0 aliphatic carbocycles. The molecular weight excluding hydrogens is 474 g/mol.